The second-order valence-corrected chi connectivity index (χ2v) is 7.31. The number of anilines is 1. The number of nitrogens with zero attached hydrogens (tertiary/aromatic N) is 3. The molecular formula is C18H24N4O5. The highest BCUT2D eigenvalue weighted by Crippen LogP contribution is 2.41. The molecule has 0 radical (unpaired) electrons. The predicted molar refractivity (Wildman–Crippen MR) is 101 cm³/mol. The van der Waals surface area contributed by atoms with Gasteiger partial charge in [-0.3, -0.25) is 9.36 Å². The average molecular weight is 376 g/mol. The van der Waals surface area contributed by atoms with Gasteiger partial charge in [-0.05, 0) is 37.8 Å². The molecule has 1 aromatic heterocycles. The van der Waals surface area contributed by atoms with Crippen molar-refractivity contribution in [2.45, 2.75) is 38.0 Å². The summed E-state index contributed by atoms with van der Waals surface area (Å²) in [5.41, 5.74) is 0.198. The minimum absolute atomic E-state index is 0.0230. The van der Waals surface area contributed by atoms with Gasteiger partial charge in [0.2, 0.25) is 0 Å². The van der Waals surface area contributed by atoms with E-state index in [4.69, 9.17) is 10.6 Å². The number of hydrogen-bond acceptors (Lipinski definition) is 7. The average Bonchev–Trinajstić information content (AvgIpc) is 3.50. The van der Waals surface area contributed by atoms with E-state index < -0.39 is 17.5 Å². The van der Waals surface area contributed by atoms with Gasteiger partial charge < -0.3 is 25.7 Å². The number of piperidine rings is 1. The zero-order valence-corrected chi connectivity index (χ0v) is 15.2. The summed E-state index contributed by atoms with van der Waals surface area (Å²) in [5, 5.41) is 19.1. The van der Waals surface area contributed by atoms with Crippen LogP contribution < -0.4 is 26.7 Å². The van der Waals surface area contributed by atoms with Gasteiger partial charge in [0.25, 0.3) is 5.56 Å². The van der Waals surface area contributed by atoms with Crippen LogP contribution in [-0.2, 0) is 0 Å². The van der Waals surface area contributed by atoms with E-state index in [-0.39, 0.29) is 12.0 Å². The fraction of sp³-hybridized carbons (Fsp3) is 0.556. The highest BCUT2D eigenvalue weighted by molar-refractivity contribution is 5.90. The monoisotopic (exact) mass is 376 g/mol. The maximum Gasteiger partial charge on any atom is 0.350 e. The Balaban J connectivity index is 1.87. The number of nitrogens with two attached hydrogens (primary N) is 1. The van der Waals surface area contributed by atoms with E-state index in [9.17, 15) is 19.8 Å². The molecule has 27 heavy (non-hydrogen) atoms. The number of nitrogen functional groups attached to an aromatic ring is 1. The standard InChI is InChI=1S/C18H24N4O5/c1-27-15-13(20-8-6-10(7-9-20)17(24)25)5-4-12-14(15)21(11-2-3-11)18(26)22(19)16(12)23/h4-5,10-11,17,24-25H,2-3,6-9,19H2,1H3. The quantitative estimate of drug-likeness (QED) is 0.496. The van der Waals surface area contributed by atoms with Crippen molar-refractivity contribution >= 4 is 16.6 Å². The molecule has 0 spiro atoms. The summed E-state index contributed by atoms with van der Waals surface area (Å²) in [6.07, 6.45) is 1.69. The first-order chi connectivity index (χ1) is 12.9. The Labute approximate surface area is 155 Å². The number of aromatic nitrogens is 2. The Kier molecular flexibility index (Phi) is 4.35. The van der Waals surface area contributed by atoms with Gasteiger partial charge in [0.1, 0.15) is 5.52 Å². The lowest BCUT2D eigenvalue weighted by Gasteiger charge is -2.35. The van der Waals surface area contributed by atoms with Crippen molar-refractivity contribution in [3.8, 4) is 5.75 Å². The molecule has 1 saturated heterocycles. The van der Waals surface area contributed by atoms with E-state index in [0.717, 1.165) is 18.5 Å². The number of aliphatic hydroxyl groups excluding tert-OH is 1. The lowest BCUT2D eigenvalue weighted by Crippen LogP contribution is -2.44. The molecule has 2 fully saturated rings. The van der Waals surface area contributed by atoms with Crippen molar-refractivity contribution in [3.63, 3.8) is 0 Å². The second kappa shape index (κ2) is 6.58. The summed E-state index contributed by atoms with van der Waals surface area (Å²) in [6, 6.07) is 3.51. The van der Waals surface area contributed by atoms with E-state index in [0.29, 0.717) is 47.3 Å². The van der Waals surface area contributed by atoms with Gasteiger partial charge in [0, 0.05) is 25.0 Å². The molecule has 2 heterocycles. The van der Waals surface area contributed by atoms with E-state index >= 15 is 0 Å². The predicted octanol–water partition coefficient (Wildman–Crippen LogP) is -0.252. The Morgan fingerprint density at radius 1 is 1.15 bits per heavy atom. The SMILES string of the molecule is COc1c(N2CCC(C(O)O)CC2)ccc2c(=O)n(N)c(=O)n(C3CC3)c12. The maximum absolute atomic E-state index is 12.6. The number of hydrogen-bond donors (Lipinski definition) is 3. The van der Waals surface area contributed by atoms with E-state index in [1.165, 1.54) is 7.11 Å². The Bertz CT molecular complexity index is 984. The zero-order valence-electron chi connectivity index (χ0n) is 15.2. The minimum Gasteiger partial charge on any atom is -0.492 e. The Morgan fingerprint density at radius 3 is 2.37 bits per heavy atom. The van der Waals surface area contributed by atoms with Gasteiger partial charge >= 0.3 is 5.69 Å². The number of fused-ring (bicyclic) bond motifs is 1. The van der Waals surface area contributed by atoms with Crippen LogP contribution in [0.3, 0.4) is 0 Å². The van der Waals surface area contributed by atoms with Crippen LogP contribution in [-0.4, -0.2) is 45.9 Å². The lowest BCUT2D eigenvalue weighted by molar-refractivity contribution is -0.0893. The molecule has 0 amide bonds. The van der Waals surface area contributed by atoms with Crippen molar-refractivity contribution in [2.24, 2.45) is 5.92 Å². The molecule has 0 unspecified atom stereocenters. The molecule has 9 heteroatoms. The lowest BCUT2D eigenvalue weighted by atomic mass is 9.95. The molecule has 4 N–H and O–H groups in total. The third kappa shape index (κ3) is 2.87. The summed E-state index contributed by atoms with van der Waals surface area (Å²) >= 11 is 0. The fourth-order valence-corrected chi connectivity index (χ4v) is 3.96. The van der Waals surface area contributed by atoms with E-state index in [1.807, 2.05) is 0 Å². The summed E-state index contributed by atoms with van der Waals surface area (Å²) in [7, 11) is 1.53. The molecule has 4 rings (SSSR count). The number of ether oxygens (including phenoxy) is 1. The van der Waals surface area contributed by atoms with Crippen LogP contribution in [0, 0.1) is 5.92 Å². The number of aliphatic hydroxyl groups is 2. The third-order valence-electron chi connectivity index (χ3n) is 5.63. The highest BCUT2D eigenvalue weighted by atomic mass is 16.5. The van der Waals surface area contributed by atoms with Gasteiger partial charge in [0.05, 0.1) is 18.2 Å². The van der Waals surface area contributed by atoms with Crippen molar-refractivity contribution in [3.05, 3.63) is 33.0 Å². The summed E-state index contributed by atoms with van der Waals surface area (Å²) in [6.45, 7) is 1.26. The topological polar surface area (TPSA) is 123 Å². The highest BCUT2D eigenvalue weighted by Gasteiger charge is 2.32. The first-order valence-electron chi connectivity index (χ1n) is 9.18. The summed E-state index contributed by atoms with van der Waals surface area (Å²) in [4.78, 5) is 27.2. The first-order valence-corrected chi connectivity index (χ1v) is 9.18. The second-order valence-electron chi connectivity index (χ2n) is 7.31. The van der Waals surface area contributed by atoms with Gasteiger partial charge in [0.15, 0.2) is 12.0 Å². The largest absolute Gasteiger partial charge is 0.492 e. The first kappa shape index (κ1) is 17.9. The van der Waals surface area contributed by atoms with E-state index in [1.54, 1.807) is 16.7 Å². The third-order valence-corrected chi connectivity index (χ3v) is 5.63. The smallest absolute Gasteiger partial charge is 0.350 e. The molecule has 1 saturated carbocycles. The summed E-state index contributed by atoms with van der Waals surface area (Å²) < 4.78 is 7.90. The van der Waals surface area contributed by atoms with Gasteiger partial charge in [-0.1, -0.05) is 0 Å². The number of benzene rings is 1. The fourth-order valence-electron chi connectivity index (χ4n) is 3.96. The van der Waals surface area contributed by atoms with Gasteiger partial charge in [-0.2, -0.15) is 4.68 Å². The molecule has 2 aromatic rings. The zero-order chi connectivity index (χ0) is 19.3. The van der Waals surface area contributed by atoms with Crippen molar-refractivity contribution in [1.29, 1.82) is 0 Å². The van der Waals surface area contributed by atoms with Gasteiger partial charge in [-0.25, -0.2) is 4.79 Å². The Hall–Kier alpha value is -2.52. The maximum atomic E-state index is 12.6. The van der Waals surface area contributed by atoms with Crippen LogP contribution in [0.4, 0.5) is 5.69 Å². The molecular weight excluding hydrogens is 352 g/mol. The summed E-state index contributed by atoms with van der Waals surface area (Å²) in [5.74, 6) is 6.03. The van der Waals surface area contributed by atoms with Crippen LogP contribution in [0.15, 0.2) is 21.7 Å². The molecule has 146 valence electrons. The van der Waals surface area contributed by atoms with Crippen molar-refractivity contribution in [2.75, 3.05) is 30.9 Å². The molecule has 1 aliphatic heterocycles. The molecule has 1 aliphatic carbocycles. The van der Waals surface area contributed by atoms with Crippen molar-refractivity contribution < 1.29 is 14.9 Å². The van der Waals surface area contributed by atoms with E-state index in [2.05, 4.69) is 4.90 Å². The normalized spacial score (nSPS) is 18.4. The molecule has 1 aromatic carbocycles. The number of methoxy groups -OCH3 is 1. The van der Waals surface area contributed by atoms with Crippen molar-refractivity contribution in [1.82, 2.24) is 9.24 Å². The molecule has 2 aliphatic rings. The Morgan fingerprint density at radius 2 is 1.81 bits per heavy atom. The van der Waals surface area contributed by atoms with Crippen LogP contribution >= 0.6 is 0 Å². The molecule has 9 nitrogen and oxygen atoms in total. The van der Waals surface area contributed by atoms with Crippen LogP contribution in [0.1, 0.15) is 31.7 Å². The van der Waals surface area contributed by atoms with Crippen LogP contribution in [0.2, 0.25) is 0 Å². The number of rotatable bonds is 4. The van der Waals surface area contributed by atoms with Gasteiger partial charge in [-0.15, -0.1) is 0 Å². The molecule has 0 bridgehead atoms. The van der Waals surface area contributed by atoms with Crippen LogP contribution in [0.25, 0.3) is 10.9 Å². The molecule has 0 atom stereocenters. The minimum atomic E-state index is -1.31. The van der Waals surface area contributed by atoms with Crippen LogP contribution in [0.5, 0.6) is 5.75 Å².